The quantitative estimate of drug-likeness (QED) is 0.340. The zero-order chi connectivity index (χ0) is 25.2. The number of benzene rings is 2. The molecule has 0 aliphatic carbocycles. The number of nitrogens with one attached hydrogen (secondary N) is 1. The van der Waals surface area contributed by atoms with Crippen molar-refractivity contribution in [1.82, 2.24) is 30.2 Å². The number of aromatic nitrogens is 5. The Kier molecular flexibility index (Phi) is 5.74. The molecule has 6 rings (SSSR count). The van der Waals surface area contributed by atoms with Crippen LogP contribution in [0.3, 0.4) is 0 Å². The Balaban J connectivity index is 1.36. The molecular formula is C29H22N6O2. The number of pyridine rings is 2. The van der Waals surface area contributed by atoms with Crippen LogP contribution in [0.2, 0.25) is 0 Å². The van der Waals surface area contributed by atoms with Gasteiger partial charge in [-0.2, -0.15) is 5.10 Å². The maximum Gasteiger partial charge on any atom is 0.259 e. The zero-order valence-electron chi connectivity index (χ0n) is 20.0. The summed E-state index contributed by atoms with van der Waals surface area (Å²) in [4.78, 5) is 22.3. The van der Waals surface area contributed by atoms with Crippen LogP contribution in [-0.4, -0.2) is 30.8 Å². The van der Waals surface area contributed by atoms with Gasteiger partial charge in [0.2, 0.25) is 0 Å². The van der Waals surface area contributed by atoms with Gasteiger partial charge in [-0.15, -0.1) is 0 Å². The van der Waals surface area contributed by atoms with Gasteiger partial charge in [0.25, 0.3) is 11.6 Å². The Labute approximate surface area is 212 Å². The first-order chi connectivity index (χ1) is 18.2. The SMILES string of the molecule is Cc1noc2nc(-c3ccccc3)cc(C(=O)NCc3cn(-c4ccccc4)nc3-c3ccncc3)c12. The van der Waals surface area contributed by atoms with Gasteiger partial charge in [0.15, 0.2) is 0 Å². The molecule has 0 radical (unpaired) electrons. The molecule has 4 heterocycles. The number of para-hydroxylation sites is 1. The molecule has 4 aromatic heterocycles. The fourth-order valence-electron chi connectivity index (χ4n) is 4.31. The molecule has 0 aliphatic rings. The van der Waals surface area contributed by atoms with Crippen molar-refractivity contribution < 1.29 is 9.32 Å². The fraction of sp³-hybridized carbons (Fsp3) is 0.0690. The van der Waals surface area contributed by atoms with E-state index in [0.29, 0.717) is 28.1 Å². The van der Waals surface area contributed by atoms with Gasteiger partial charge in [-0.05, 0) is 37.3 Å². The van der Waals surface area contributed by atoms with Gasteiger partial charge >= 0.3 is 0 Å². The zero-order valence-corrected chi connectivity index (χ0v) is 20.0. The van der Waals surface area contributed by atoms with Crippen LogP contribution in [0.4, 0.5) is 0 Å². The summed E-state index contributed by atoms with van der Waals surface area (Å²) >= 11 is 0. The Bertz CT molecular complexity index is 1690. The van der Waals surface area contributed by atoms with Crippen molar-refractivity contribution in [2.24, 2.45) is 0 Å². The molecule has 1 amide bonds. The summed E-state index contributed by atoms with van der Waals surface area (Å²) in [5, 5.41) is 12.5. The highest BCUT2D eigenvalue weighted by molar-refractivity contribution is 6.07. The van der Waals surface area contributed by atoms with Crippen molar-refractivity contribution in [2.45, 2.75) is 13.5 Å². The van der Waals surface area contributed by atoms with Crippen LogP contribution in [0.1, 0.15) is 21.6 Å². The second-order valence-corrected chi connectivity index (χ2v) is 8.57. The van der Waals surface area contributed by atoms with E-state index in [-0.39, 0.29) is 12.5 Å². The number of carbonyl (C=O) groups excluding carboxylic acids is 1. The van der Waals surface area contributed by atoms with E-state index >= 15 is 0 Å². The van der Waals surface area contributed by atoms with E-state index in [1.807, 2.05) is 83.7 Å². The molecule has 0 bridgehead atoms. The Morgan fingerprint density at radius 1 is 0.946 bits per heavy atom. The molecule has 8 nitrogen and oxygen atoms in total. The molecule has 2 aromatic carbocycles. The average molecular weight is 487 g/mol. The van der Waals surface area contributed by atoms with Gasteiger partial charge in [0.1, 0.15) is 0 Å². The smallest absolute Gasteiger partial charge is 0.259 e. The van der Waals surface area contributed by atoms with Gasteiger partial charge in [0, 0.05) is 41.8 Å². The molecule has 180 valence electrons. The summed E-state index contributed by atoms with van der Waals surface area (Å²) in [7, 11) is 0. The first-order valence-corrected chi connectivity index (χ1v) is 11.8. The minimum Gasteiger partial charge on any atom is -0.348 e. The number of nitrogens with zero attached hydrogens (tertiary/aromatic N) is 5. The molecule has 0 aliphatic heterocycles. The Morgan fingerprint density at radius 3 is 2.43 bits per heavy atom. The molecule has 0 atom stereocenters. The van der Waals surface area contributed by atoms with Crippen molar-refractivity contribution in [1.29, 1.82) is 0 Å². The number of rotatable bonds is 6. The standard InChI is InChI=1S/C29H22N6O2/c1-19-26-24(16-25(32-29(26)37-34-19)20-8-4-2-5-9-20)28(36)31-17-22-18-35(23-10-6-3-7-11-23)33-27(22)21-12-14-30-15-13-21/h2-16,18H,17H2,1H3,(H,31,36). The lowest BCUT2D eigenvalue weighted by molar-refractivity contribution is 0.0952. The van der Waals surface area contributed by atoms with Gasteiger partial charge in [-0.25, -0.2) is 9.67 Å². The van der Waals surface area contributed by atoms with Crippen LogP contribution < -0.4 is 5.32 Å². The summed E-state index contributed by atoms with van der Waals surface area (Å²) in [5.74, 6) is -0.246. The van der Waals surface area contributed by atoms with Crippen LogP contribution in [0.15, 0.2) is 102 Å². The van der Waals surface area contributed by atoms with Crippen LogP contribution in [-0.2, 0) is 6.54 Å². The van der Waals surface area contributed by atoms with Crippen molar-refractivity contribution >= 4 is 17.0 Å². The number of fused-ring (bicyclic) bond motifs is 1. The fourth-order valence-corrected chi connectivity index (χ4v) is 4.31. The van der Waals surface area contributed by atoms with E-state index in [0.717, 1.165) is 28.1 Å². The lowest BCUT2D eigenvalue weighted by Crippen LogP contribution is -2.23. The summed E-state index contributed by atoms with van der Waals surface area (Å²) in [5.41, 5.74) is 6.43. The number of hydrogen-bond acceptors (Lipinski definition) is 6. The number of amides is 1. The Hall–Kier alpha value is -5.11. The maximum atomic E-state index is 13.5. The normalized spacial score (nSPS) is 11.1. The van der Waals surface area contributed by atoms with Crippen LogP contribution in [0.5, 0.6) is 0 Å². The molecule has 1 N–H and O–H groups in total. The van der Waals surface area contributed by atoms with E-state index in [1.54, 1.807) is 25.4 Å². The van der Waals surface area contributed by atoms with E-state index in [1.165, 1.54) is 0 Å². The molecule has 0 fully saturated rings. The van der Waals surface area contributed by atoms with Crippen molar-refractivity contribution in [3.05, 3.63) is 114 Å². The van der Waals surface area contributed by atoms with E-state index < -0.39 is 0 Å². The topological polar surface area (TPSA) is 98.7 Å². The third-order valence-corrected chi connectivity index (χ3v) is 6.14. The lowest BCUT2D eigenvalue weighted by Gasteiger charge is -2.09. The largest absolute Gasteiger partial charge is 0.348 e. The van der Waals surface area contributed by atoms with E-state index in [2.05, 4.69) is 20.4 Å². The average Bonchev–Trinajstić information content (AvgIpc) is 3.56. The van der Waals surface area contributed by atoms with E-state index in [4.69, 9.17) is 9.62 Å². The first kappa shape index (κ1) is 22.4. The molecule has 0 saturated heterocycles. The van der Waals surface area contributed by atoms with Crippen molar-refractivity contribution in [3.63, 3.8) is 0 Å². The van der Waals surface area contributed by atoms with Gasteiger partial charge < -0.3 is 9.84 Å². The van der Waals surface area contributed by atoms with Crippen LogP contribution in [0, 0.1) is 6.92 Å². The number of aryl methyl sites for hydroxylation is 1. The molecule has 37 heavy (non-hydrogen) atoms. The summed E-state index contributed by atoms with van der Waals surface area (Å²) in [6, 6.07) is 25.1. The Morgan fingerprint density at radius 2 is 1.68 bits per heavy atom. The predicted molar refractivity (Wildman–Crippen MR) is 140 cm³/mol. The van der Waals surface area contributed by atoms with E-state index in [9.17, 15) is 4.79 Å². The first-order valence-electron chi connectivity index (χ1n) is 11.8. The predicted octanol–water partition coefficient (Wildman–Crippen LogP) is 5.38. The minimum absolute atomic E-state index is 0.246. The molecule has 0 saturated carbocycles. The summed E-state index contributed by atoms with van der Waals surface area (Å²) in [6.45, 7) is 2.08. The highest BCUT2D eigenvalue weighted by Crippen LogP contribution is 2.28. The highest BCUT2D eigenvalue weighted by Gasteiger charge is 2.20. The van der Waals surface area contributed by atoms with Crippen molar-refractivity contribution in [2.75, 3.05) is 0 Å². The molecular weight excluding hydrogens is 464 g/mol. The van der Waals surface area contributed by atoms with Crippen LogP contribution in [0.25, 0.3) is 39.3 Å². The van der Waals surface area contributed by atoms with Crippen LogP contribution >= 0.6 is 0 Å². The summed E-state index contributed by atoms with van der Waals surface area (Å²) in [6.07, 6.45) is 5.40. The molecule has 6 aromatic rings. The molecule has 0 spiro atoms. The lowest BCUT2D eigenvalue weighted by atomic mass is 10.0. The van der Waals surface area contributed by atoms with Gasteiger partial charge in [0.05, 0.1) is 33.7 Å². The number of hydrogen-bond donors (Lipinski definition) is 1. The molecule has 0 unspecified atom stereocenters. The minimum atomic E-state index is -0.246. The third kappa shape index (κ3) is 4.36. The second-order valence-electron chi connectivity index (χ2n) is 8.57. The van der Waals surface area contributed by atoms with Gasteiger partial charge in [-0.1, -0.05) is 53.7 Å². The van der Waals surface area contributed by atoms with Gasteiger partial charge in [-0.3, -0.25) is 9.78 Å². The number of carbonyl (C=O) groups is 1. The maximum absolute atomic E-state index is 13.5. The monoisotopic (exact) mass is 486 g/mol. The third-order valence-electron chi connectivity index (χ3n) is 6.14. The molecule has 8 heteroatoms. The van der Waals surface area contributed by atoms with Crippen molar-refractivity contribution in [3.8, 4) is 28.2 Å². The summed E-state index contributed by atoms with van der Waals surface area (Å²) < 4.78 is 7.25. The second kappa shape index (κ2) is 9.50. The highest BCUT2D eigenvalue weighted by atomic mass is 16.5.